The number of carboxylic acids is 1. The Hall–Kier alpha value is -4.46. The fourth-order valence-corrected chi connectivity index (χ4v) is 5.32. The predicted molar refractivity (Wildman–Crippen MR) is 137 cm³/mol. The second-order valence-electron chi connectivity index (χ2n) is 10.8. The third-order valence-corrected chi connectivity index (χ3v) is 7.38. The number of imide groups is 1. The normalized spacial score (nSPS) is 20.3. The maximum absolute atomic E-state index is 13.5. The number of Topliss-reactive ketones (excluding diaryl/α,β-unsaturated/α-hetero) is 1. The number of benzene rings is 2. The Morgan fingerprint density at radius 3 is 1.95 bits per heavy atom. The minimum absolute atomic E-state index is 0.0695. The van der Waals surface area contributed by atoms with Crippen LogP contribution in [0.3, 0.4) is 0 Å². The summed E-state index contributed by atoms with van der Waals surface area (Å²) in [6, 6.07) is 15.1. The average molecular weight is 512 g/mol. The number of aromatic nitrogens is 1. The van der Waals surface area contributed by atoms with Crippen LogP contribution in [-0.4, -0.2) is 34.5 Å². The van der Waals surface area contributed by atoms with Crippen LogP contribution in [0.25, 0.3) is 0 Å². The van der Waals surface area contributed by atoms with Crippen LogP contribution in [0.1, 0.15) is 77.2 Å². The first-order chi connectivity index (χ1) is 17.9. The molecule has 1 saturated heterocycles. The highest BCUT2D eigenvalue weighted by molar-refractivity contribution is 6.24. The van der Waals surface area contributed by atoms with E-state index in [-0.39, 0.29) is 28.2 Å². The van der Waals surface area contributed by atoms with Crippen molar-refractivity contribution < 1.29 is 33.6 Å². The highest BCUT2D eigenvalue weighted by Gasteiger charge is 2.65. The van der Waals surface area contributed by atoms with E-state index >= 15 is 0 Å². The topological polar surface area (TPSA) is 113 Å². The summed E-state index contributed by atoms with van der Waals surface area (Å²) in [5.41, 5.74) is 2.80. The number of pyridine rings is 1. The van der Waals surface area contributed by atoms with Crippen LogP contribution in [-0.2, 0) is 19.8 Å². The van der Waals surface area contributed by atoms with Gasteiger partial charge in [-0.1, -0.05) is 45.0 Å². The van der Waals surface area contributed by atoms with Crippen LogP contribution in [0.5, 0.6) is 0 Å². The molecule has 2 aliphatic rings. The molecule has 1 aromatic heterocycles. The number of hydrogen-bond donors (Lipinski definition) is 1. The van der Waals surface area contributed by atoms with Crippen LogP contribution in [0.15, 0.2) is 66.9 Å². The van der Waals surface area contributed by atoms with Crippen LogP contribution in [0, 0.1) is 5.92 Å². The molecule has 0 spiro atoms. The van der Waals surface area contributed by atoms with Gasteiger partial charge in [0.1, 0.15) is 11.8 Å². The van der Waals surface area contributed by atoms with E-state index in [2.05, 4.69) is 20.8 Å². The average Bonchev–Trinajstić information content (AvgIpc) is 3.35. The first kappa shape index (κ1) is 25.2. The maximum atomic E-state index is 13.5. The molecule has 0 saturated carbocycles. The summed E-state index contributed by atoms with van der Waals surface area (Å²) in [6.07, 6.45) is 1.43. The van der Waals surface area contributed by atoms with Crippen molar-refractivity contribution in [3.63, 3.8) is 0 Å². The molecule has 8 nitrogen and oxygen atoms in total. The van der Waals surface area contributed by atoms with Gasteiger partial charge in [-0.2, -0.15) is 4.57 Å². The summed E-state index contributed by atoms with van der Waals surface area (Å²) < 4.78 is 1.38. The Balaban J connectivity index is 1.50. The summed E-state index contributed by atoms with van der Waals surface area (Å²) in [4.78, 5) is 65.1. The lowest BCUT2D eigenvalue weighted by Crippen LogP contribution is -2.48. The number of ketones is 2. The van der Waals surface area contributed by atoms with E-state index in [1.54, 1.807) is 24.3 Å². The minimum Gasteiger partial charge on any atom is -0.476 e. The summed E-state index contributed by atoms with van der Waals surface area (Å²) in [7, 11) is 0. The zero-order chi connectivity index (χ0) is 27.5. The van der Waals surface area contributed by atoms with E-state index in [1.165, 1.54) is 42.0 Å². The van der Waals surface area contributed by atoms with Crippen molar-refractivity contribution in [3.8, 4) is 0 Å². The van der Waals surface area contributed by atoms with Crippen LogP contribution in [0.4, 0.5) is 5.69 Å². The zero-order valence-electron chi connectivity index (χ0n) is 21.5. The van der Waals surface area contributed by atoms with Crippen LogP contribution < -0.4 is 9.47 Å². The van der Waals surface area contributed by atoms with Crippen molar-refractivity contribution in [2.75, 3.05) is 4.90 Å². The number of aliphatic carboxylic acids is 1. The number of carbonyl (C=O) groups is 5. The highest BCUT2D eigenvalue weighted by atomic mass is 16.4. The lowest BCUT2D eigenvalue weighted by Gasteiger charge is -2.19. The van der Waals surface area contributed by atoms with Gasteiger partial charge in [-0.15, -0.1) is 0 Å². The number of hydrogen-bond acceptors (Lipinski definition) is 5. The van der Waals surface area contributed by atoms with E-state index < -0.39 is 35.7 Å². The maximum Gasteiger partial charge on any atom is 0.374 e. The number of carbonyl (C=O) groups excluding carboxylic acids is 4. The standard InChI is InChI=1S/C30H26N2O6/c1-16(33)17-7-12-21(13-8-17)32-27(35)23-22-14-9-19(15-31(22)25(29(37)38)24(23)28(32)36)26(34)18-5-10-20(11-6-18)30(2,3)4/h5-15,23-25H,1-4H3/p+1/t23-,24-,25-/m0/s1. The molecule has 192 valence electrons. The molecular formula is C30H27N2O6+. The third kappa shape index (κ3) is 3.93. The molecule has 1 N–H and O–H groups in total. The molecule has 0 unspecified atom stereocenters. The molecule has 5 rings (SSSR count). The van der Waals surface area contributed by atoms with Gasteiger partial charge in [-0.25, -0.2) is 9.69 Å². The molecule has 0 bridgehead atoms. The SMILES string of the molecule is CC(=O)c1ccc(N2C(=O)[C@@H]3[C@@H](C(=O)O)[n+]4cc(C(=O)c5ccc(C(C)(C)C)cc5)ccc4[C@@H]3C2=O)cc1. The fourth-order valence-electron chi connectivity index (χ4n) is 5.32. The van der Waals surface area contributed by atoms with Crippen molar-refractivity contribution >= 4 is 35.0 Å². The Morgan fingerprint density at radius 1 is 0.816 bits per heavy atom. The summed E-state index contributed by atoms with van der Waals surface area (Å²) in [5, 5.41) is 10.1. The second kappa shape index (κ2) is 8.83. The molecule has 0 radical (unpaired) electrons. The van der Waals surface area contributed by atoms with Crippen molar-refractivity contribution in [3.05, 3.63) is 94.8 Å². The second-order valence-corrected chi connectivity index (χ2v) is 10.8. The Labute approximate surface area is 219 Å². The molecule has 8 heteroatoms. The van der Waals surface area contributed by atoms with Crippen molar-refractivity contribution in [1.29, 1.82) is 0 Å². The van der Waals surface area contributed by atoms with E-state index in [1.807, 2.05) is 12.1 Å². The fraction of sp³-hybridized carbons (Fsp3) is 0.267. The lowest BCUT2D eigenvalue weighted by molar-refractivity contribution is -0.707. The molecule has 0 aliphatic carbocycles. The van der Waals surface area contributed by atoms with Gasteiger partial charge < -0.3 is 5.11 Å². The van der Waals surface area contributed by atoms with Gasteiger partial charge in [0.05, 0.1) is 11.3 Å². The number of rotatable bonds is 5. The van der Waals surface area contributed by atoms with Crippen LogP contribution in [0.2, 0.25) is 0 Å². The van der Waals surface area contributed by atoms with Crippen molar-refractivity contribution in [2.24, 2.45) is 5.92 Å². The van der Waals surface area contributed by atoms with Crippen molar-refractivity contribution in [2.45, 2.75) is 45.1 Å². The zero-order valence-corrected chi connectivity index (χ0v) is 21.5. The molecule has 3 heterocycles. The summed E-state index contributed by atoms with van der Waals surface area (Å²) in [5.74, 6) is -5.01. The Kier molecular flexibility index (Phi) is 5.86. The lowest BCUT2D eigenvalue weighted by atomic mass is 9.86. The van der Waals surface area contributed by atoms with Gasteiger partial charge in [-0.05, 0) is 48.2 Å². The smallest absolute Gasteiger partial charge is 0.374 e. The monoisotopic (exact) mass is 511 g/mol. The molecule has 1 fully saturated rings. The Morgan fingerprint density at radius 2 is 1.39 bits per heavy atom. The quantitative estimate of drug-likeness (QED) is 0.318. The van der Waals surface area contributed by atoms with E-state index in [4.69, 9.17) is 0 Å². The highest BCUT2D eigenvalue weighted by Crippen LogP contribution is 2.45. The number of fused-ring (bicyclic) bond motifs is 3. The van der Waals surface area contributed by atoms with Gasteiger partial charge in [-0.3, -0.25) is 19.2 Å². The number of anilines is 1. The number of amides is 2. The summed E-state index contributed by atoms with van der Waals surface area (Å²) in [6.45, 7) is 7.65. The first-order valence-electron chi connectivity index (χ1n) is 12.3. The molecule has 2 aromatic carbocycles. The van der Waals surface area contributed by atoms with E-state index in [0.717, 1.165) is 10.5 Å². The first-order valence-corrected chi connectivity index (χ1v) is 12.3. The largest absolute Gasteiger partial charge is 0.476 e. The molecular weight excluding hydrogens is 484 g/mol. The van der Waals surface area contributed by atoms with Gasteiger partial charge in [0, 0.05) is 17.2 Å². The van der Waals surface area contributed by atoms with Crippen molar-refractivity contribution in [1.82, 2.24) is 0 Å². The summed E-state index contributed by atoms with van der Waals surface area (Å²) >= 11 is 0. The van der Waals surface area contributed by atoms with E-state index in [0.29, 0.717) is 16.8 Å². The van der Waals surface area contributed by atoms with Gasteiger partial charge >= 0.3 is 5.97 Å². The molecule has 38 heavy (non-hydrogen) atoms. The molecule has 3 atom stereocenters. The number of carboxylic acid groups (broad SMARTS) is 1. The molecule has 2 amide bonds. The molecule has 3 aromatic rings. The third-order valence-electron chi connectivity index (χ3n) is 7.38. The van der Waals surface area contributed by atoms with Gasteiger partial charge in [0.25, 0.3) is 6.04 Å². The number of nitrogens with zero attached hydrogens (tertiary/aromatic N) is 2. The molecule has 2 aliphatic heterocycles. The van der Waals surface area contributed by atoms with Gasteiger partial charge in [0.2, 0.25) is 11.8 Å². The van der Waals surface area contributed by atoms with Gasteiger partial charge in [0.15, 0.2) is 23.5 Å². The van der Waals surface area contributed by atoms with Crippen LogP contribution >= 0.6 is 0 Å². The predicted octanol–water partition coefficient (Wildman–Crippen LogP) is 3.62. The van der Waals surface area contributed by atoms with E-state index in [9.17, 15) is 29.1 Å². The minimum atomic E-state index is -1.34. The Bertz CT molecular complexity index is 1520.